The molecule has 2 unspecified atom stereocenters. The van der Waals surface area contributed by atoms with Gasteiger partial charge in [-0.25, -0.2) is 28.6 Å². The van der Waals surface area contributed by atoms with Crippen LogP contribution in [-0.2, 0) is 50.7 Å². The van der Waals surface area contributed by atoms with Crippen molar-refractivity contribution in [2.45, 2.75) is 122 Å². The number of aromatic nitrogens is 4. The Balaban J connectivity index is 1.32. The lowest BCUT2D eigenvalue weighted by molar-refractivity contribution is -0.137. The maximum atomic E-state index is 12.7. The molecular weight excluding hydrogens is 987 g/mol. The summed E-state index contributed by atoms with van der Waals surface area (Å²) in [6.07, 6.45) is 20.4. The molecule has 10 N–H and O–H groups in total. The van der Waals surface area contributed by atoms with Gasteiger partial charge in [0, 0.05) is 30.7 Å². The fourth-order valence-corrected chi connectivity index (χ4v) is 9.88. The lowest BCUT2D eigenvalue weighted by Gasteiger charge is -2.30. The molecule has 0 bridgehead atoms. The van der Waals surface area contributed by atoms with Crippen molar-refractivity contribution >= 4 is 69.1 Å². The quantitative estimate of drug-likeness (QED) is 0.0200. The van der Waals surface area contributed by atoms with Crippen LogP contribution in [0.1, 0.15) is 97.6 Å². The van der Waals surface area contributed by atoms with Crippen LogP contribution < -0.4 is 16.4 Å². The molecule has 2 aromatic rings. The molecule has 2 amide bonds. The predicted molar refractivity (Wildman–Crippen MR) is 256 cm³/mol. The number of phosphoric ester groups is 3. The number of imidazole rings is 1. The number of hydrogen-bond acceptors (Lipinski definition) is 18. The monoisotopic (exact) mass is 1050 g/mol. The van der Waals surface area contributed by atoms with E-state index in [0.717, 1.165) is 35.4 Å². The molecule has 69 heavy (non-hydrogen) atoms. The molecule has 1 fully saturated rings. The van der Waals surface area contributed by atoms with Crippen molar-refractivity contribution in [2.24, 2.45) is 5.41 Å². The number of carbonyl (C=O) groups is 3. The van der Waals surface area contributed by atoms with E-state index in [4.69, 9.17) is 19.5 Å². The summed E-state index contributed by atoms with van der Waals surface area (Å²) in [5, 5.41) is 26.3. The van der Waals surface area contributed by atoms with Crippen LogP contribution in [0.4, 0.5) is 5.82 Å². The average Bonchev–Trinajstić information content (AvgIpc) is 3.84. The molecule has 7 atom stereocenters. The molecule has 0 saturated carbocycles. The van der Waals surface area contributed by atoms with Gasteiger partial charge >= 0.3 is 23.5 Å². The Kier molecular flexibility index (Phi) is 25.8. The fourth-order valence-electron chi connectivity index (χ4n) is 6.47. The van der Waals surface area contributed by atoms with E-state index >= 15 is 0 Å². The minimum Gasteiger partial charge on any atom is -0.386 e. The molecule has 1 aliphatic rings. The smallest absolute Gasteiger partial charge is 0.386 e. The van der Waals surface area contributed by atoms with Crippen molar-refractivity contribution in [3.05, 3.63) is 61.3 Å². The highest BCUT2D eigenvalue weighted by Crippen LogP contribution is 2.61. The number of amides is 2. The van der Waals surface area contributed by atoms with E-state index in [1.165, 1.54) is 77.7 Å². The van der Waals surface area contributed by atoms with Crippen molar-refractivity contribution in [1.29, 1.82) is 0 Å². The molecule has 0 aromatic carbocycles. The van der Waals surface area contributed by atoms with Gasteiger partial charge in [0.25, 0.3) is 0 Å². The number of nitrogens with zero attached hydrogens (tertiary/aromatic N) is 4. The third-order valence-electron chi connectivity index (χ3n) is 10.1. The molecule has 1 saturated heterocycles. The van der Waals surface area contributed by atoms with E-state index in [2.05, 4.69) is 47.4 Å². The number of aliphatic hydroxyl groups is 2. The maximum Gasteiger partial charge on any atom is 0.481 e. The van der Waals surface area contributed by atoms with Gasteiger partial charge in [0.05, 0.1) is 19.5 Å². The van der Waals surface area contributed by atoms with Gasteiger partial charge in [-0.3, -0.25) is 32.5 Å². The second-order valence-electron chi connectivity index (χ2n) is 16.4. The van der Waals surface area contributed by atoms with Gasteiger partial charge in [-0.1, -0.05) is 126 Å². The van der Waals surface area contributed by atoms with Crippen LogP contribution in [0.25, 0.3) is 11.2 Å². The van der Waals surface area contributed by atoms with E-state index in [1.807, 2.05) is 24.3 Å². The lowest BCUT2D eigenvalue weighted by Crippen LogP contribution is -2.46. The molecule has 0 spiro atoms. The van der Waals surface area contributed by atoms with E-state index < -0.39 is 84.6 Å². The number of nitrogen functional groups attached to an aromatic ring is 1. The predicted octanol–water partition coefficient (Wildman–Crippen LogP) is 4.81. The van der Waals surface area contributed by atoms with Crippen molar-refractivity contribution < 1.29 is 80.5 Å². The van der Waals surface area contributed by atoms with E-state index in [-0.39, 0.29) is 41.6 Å². The number of thioether (sulfide) groups is 1. The van der Waals surface area contributed by atoms with Gasteiger partial charge < -0.3 is 50.9 Å². The molecule has 2 aromatic heterocycles. The average molecular weight is 1050 g/mol. The van der Waals surface area contributed by atoms with Crippen molar-refractivity contribution in [3.8, 4) is 0 Å². The van der Waals surface area contributed by atoms with E-state index in [1.54, 1.807) is 12.2 Å². The number of phosphoric acid groups is 3. The van der Waals surface area contributed by atoms with Crippen LogP contribution in [0.3, 0.4) is 0 Å². The Hall–Kier alpha value is -3.48. The highest BCUT2D eigenvalue weighted by atomic mass is 32.2. The first-order valence-corrected chi connectivity index (χ1v) is 27.8. The van der Waals surface area contributed by atoms with Crippen LogP contribution in [0.15, 0.2) is 61.3 Å². The van der Waals surface area contributed by atoms with Crippen molar-refractivity contribution in [1.82, 2.24) is 30.2 Å². The second kappa shape index (κ2) is 29.8. The summed E-state index contributed by atoms with van der Waals surface area (Å²) in [5.41, 5.74) is 4.26. The number of allylic oxidation sites excluding steroid dienone is 7. The number of anilines is 1. The number of ether oxygens (including phenoxy) is 1. The summed E-state index contributed by atoms with van der Waals surface area (Å²) in [6, 6.07) is 0. The number of hydrogen-bond donors (Lipinski definition) is 9. The first-order chi connectivity index (χ1) is 32.6. The van der Waals surface area contributed by atoms with E-state index in [9.17, 15) is 57.9 Å². The molecule has 0 aliphatic carbocycles. The van der Waals surface area contributed by atoms with Gasteiger partial charge in [0.2, 0.25) is 16.9 Å². The zero-order chi connectivity index (χ0) is 51.1. The van der Waals surface area contributed by atoms with Gasteiger partial charge in [0.15, 0.2) is 17.7 Å². The normalized spacial score (nSPS) is 20.3. The summed E-state index contributed by atoms with van der Waals surface area (Å²) in [7, 11) is -16.4. The number of aliphatic hydroxyl groups excluding tert-OH is 2. The molecule has 3 heterocycles. The Bertz CT molecular complexity index is 2220. The molecule has 1 aliphatic heterocycles. The van der Waals surface area contributed by atoms with Crippen LogP contribution in [0, 0.1) is 5.41 Å². The third-order valence-corrected chi connectivity index (χ3v) is 14.1. The van der Waals surface area contributed by atoms with Gasteiger partial charge in [0.1, 0.15) is 36.3 Å². The van der Waals surface area contributed by atoms with Crippen LogP contribution in [-0.4, -0.2) is 123 Å². The van der Waals surface area contributed by atoms with Crippen molar-refractivity contribution in [3.63, 3.8) is 0 Å². The number of nitrogens with two attached hydrogens (primary N) is 1. The molecular formula is C41H66N7O17P3S. The Morgan fingerprint density at radius 3 is 2.22 bits per heavy atom. The minimum atomic E-state index is -5.58. The summed E-state index contributed by atoms with van der Waals surface area (Å²) < 4.78 is 62.4. The third kappa shape index (κ3) is 22.6. The Morgan fingerprint density at radius 1 is 0.899 bits per heavy atom. The molecule has 388 valence electrons. The zero-order valence-electron chi connectivity index (χ0n) is 38.8. The lowest BCUT2D eigenvalue weighted by atomic mass is 9.87. The Labute approximate surface area is 405 Å². The summed E-state index contributed by atoms with van der Waals surface area (Å²) in [6.45, 7) is 2.67. The summed E-state index contributed by atoms with van der Waals surface area (Å²) >= 11 is 1.01. The van der Waals surface area contributed by atoms with Crippen LogP contribution in [0.2, 0.25) is 0 Å². The largest absolute Gasteiger partial charge is 0.481 e. The Morgan fingerprint density at radius 2 is 1.54 bits per heavy atom. The second-order valence-corrected chi connectivity index (χ2v) is 21.7. The highest BCUT2D eigenvalue weighted by molar-refractivity contribution is 8.14. The molecule has 3 rings (SSSR count). The highest BCUT2D eigenvalue weighted by Gasteiger charge is 2.50. The zero-order valence-corrected chi connectivity index (χ0v) is 42.3. The van der Waals surface area contributed by atoms with Crippen LogP contribution >= 0.6 is 35.2 Å². The van der Waals surface area contributed by atoms with E-state index in [0.29, 0.717) is 5.75 Å². The maximum absolute atomic E-state index is 12.7. The number of rotatable bonds is 33. The van der Waals surface area contributed by atoms with Gasteiger partial charge in [-0.15, -0.1) is 0 Å². The summed E-state index contributed by atoms with van der Waals surface area (Å²) in [5.74, 6) is -1.18. The number of fused-ring (bicyclic) bond motifs is 1. The topological polar surface area (TPSA) is 364 Å². The standard InChI is InChI=1S/C41H66N7O17P3S/c1-4-5-6-7-8-9-10-11-12-13-14-15-16-17-18-19-20-21-32(50)69-25-24-43-31(49)22-23-44-39(53)36(52)41(2,3)27-62-68(59,60)65-67(57,58)61-26-30-35(64-66(54,55)56)34(51)40(63-30)48-29-47-33-37(42)45-28-46-38(33)48/h14-21,28-30,34-36,40,51-52H,4-13,22-27H2,1-3H3,(H,43,49)(H,44,53)(H,57,58)(H,59,60)(H2,42,45,46)(H2,54,55,56)/t30-,34-,35-,36+,40-/m1/s1. The van der Waals surface area contributed by atoms with Gasteiger partial charge in [-0.05, 0) is 18.9 Å². The minimum absolute atomic E-state index is 0.0292. The number of carbonyl (C=O) groups excluding carboxylic acids is 3. The molecule has 0 radical (unpaired) electrons. The van der Waals surface area contributed by atoms with Crippen LogP contribution in [0.5, 0.6) is 0 Å². The number of nitrogens with one attached hydrogen (secondary N) is 2. The summed E-state index contributed by atoms with van der Waals surface area (Å²) in [4.78, 5) is 88.2. The van der Waals surface area contributed by atoms with Gasteiger partial charge in [-0.2, -0.15) is 4.31 Å². The molecule has 24 nitrogen and oxygen atoms in total. The van der Waals surface area contributed by atoms with Crippen molar-refractivity contribution in [2.75, 3.05) is 37.8 Å². The first-order valence-electron chi connectivity index (χ1n) is 22.3. The fraction of sp³-hybridized carbons (Fsp3) is 0.610. The first kappa shape index (κ1) is 59.8. The number of unbranched alkanes of at least 4 members (excludes halogenated alkanes) is 9. The molecule has 28 heteroatoms. The SMILES string of the molecule is CCCCCCCCCCCC=CC=CC=CC=CC(=O)SCCNC(=O)CCNC(=O)[C@H](O)C(C)(C)COP(=O)(O)OP(=O)(O)OC[C@H]1O[C@@H](n2cnc3c(N)ncnc32)[C@H](O)[C@@H]1OP(=O)(O)O.